The lowest BCUT2D eigenvalue weighted by Gasteiger charge is -2.29. The van der Waals surface area contributed by atoms with Gasteiger partial charge in [-0.25, -0.2) is 0 Å². The molecule has 1 fully saturated rings. The average Bonchev–Trinajstić information content (AvgIpc) is 2.62. The van der Waals surface area contributed by atoms with Crippen LogP contribution in [-0.4, -0.2) is 23.0 Å². The summed E-state index contributed by atoms with van der Waals surface area (Å²) in [6.07, 6.45) is 3.68. The molecule has 0 radical (unpaired) electrons. The molecule has 0 amide bonds. The summed E-state index contributed by atoms with van der Waals surface area (Å²) >= 11 is 25.1. The lowest BCUT2D eigenvalue weighted by molar-refractivity contribution is 0.302. The SMILES string of the molecule is S=C(c1cc(Br)c(OCc2ccc(Cl)cc2Cl)c(Br)c1)N1CCCCC1. The van der Waals surface area contributed by atoms with E-state index in [1.54, 1.807) is 12.1 Å². The number of benzene rings is 2. The first-order chi connectivity index (χ1) is 12.5. The fraction of sp³-hybridized carbons (Fsp3) is 0.316. The lowest BCUT2D eigenvalue weighted by atomic mass is 10.1. The van der Waals surface area contributed by atoms with Crippen molar-refractivity contribution in [2.75, 3.05) is 13.1 Å². The normalized spacial score (nSPS) is 14.4. The largest absolute Gasteiger partial charge is 0.486 e. The maximum absolute atomic E-state index is 6.22. The van der Waals surface area contributed by atoms with E-state index in [1.165, 1.54) is 19.3 Å². The first-order valence-corrected chi connectivity index (χ1v) is 11.1. The third-order valence-corrected chi connectivity index (χ3v) is 6.53. The second-order valence-electron chi connectivity index (χ2n) is 6.15. The van der Waals surface area contributed by atoms with Gasteiger partial charge in [0.2, 0.25) is 0 Å². The molecule has 0 saturated carbocycles. The Hall–Kier alpha value is -0.330. The quantitative estimate of drug-likeness (QED) is 0.381. The third kappa shape index (κ3) is 4.93. The zero-order valence-electron chi connectivity index (χ0n) is 13.9. The Balaban J connectivity index is 1.75. The molecule has 0 aromatic heterocycles. The molecule has 0 N–H and O–H groups in total. The van der Waals surface area contributed by atoms with Gasteiger partial charge in [0, 0.05) is 34.3 Å². The van der Waals surface area contributed by atoms with Crippen LogP contribution in [-0.2, 0) is 6.61 Å². The number of nitrogens with zero attached hydrogens (tertiary/aromatic N) is 1. The van der Waals surface area contributed by atoms with E-state index in [0.29, 0.717) is 16.7 Å². The summed E-state index contributed by atoms with van der Waals surface area (Å²) < 4.78 is 7.68. The topological polar surface area (TPSA) is 12.5 Å². The first kappa shape index (κ1) is 20.4. The molecular formula is C19H17Br2Cl2NOS. The highest BCUT2D eigenvalue weighted by Crippen LogP contribution is 2.36. The zero-order chi connectivity index (χ0) is 18.7. The number of hydrogen-bond acceptors (Lipinski definition) is 2. The second-order valence-corrected chi connectivity index (χ2v) is 9.09. The van der Waals surface area contributed by atoms with Crippen molar-refractivity contribution in [1.29, 1.82) is 0 Å². The molecule has 26 heavy (non-hydrogen) atoms. The Morgan fingerprint density at radius 2 is 1.69 bits per heavy atom. The Morgan fingerprint density at radius 1 is 1.04 bits per heavy atom. The summed E-state index contributed by atoms with van der Waals surface area (Å²) in [4.78, 5) is 3.17. The van der Waals surface area contributed by atoms with Gasteiger partial charge in [0.15, 0.2) is 0 Å². The van der Waals surface area contributed by atoms with Gasteiger partial charge in [-0.15, -0.1) is 0 Å². The molecule has 2 aromatic rings. The highest BCUT2D eigenvalue weighted by Gasteiger charge is 2.18. The van der Waals surface area contributed by atoms with Crippen LogP contribution in [0, 0.1) is 0 Å². The number of piperidine rings is 1. The molecule has 0 spiro atoms. The predicted molar refractivity (Wildman–Crippen MR) is 120 cm³/mol. The molecule has 0 bridgehead atoms. The lowest BCUT2D eigenvalue weighted by Crippen LogP contribution is -2.34. The van der Waals surface area contributed by atoms with E-state index in [-0.39, 0.29) is 0 Å². The number of rotatable bonds is 4. The van der Waals surface area contributed by atoms with Crippen LogP contribution < -0.4 is 4.74 Å². The molecule has 3 rings (SSSR count). The monoisotopic (exact) mass is 535 g/mol. The van der Waals surface area contributed by atoms with E-state index in [4.69, 9.17) is 40.2 Å². The van der Waals surface area contributed by atoms with Crippen LogP contribution in [0.15, 0.2) is 39.3 Å². The minimum atomic E-state index is 0.350. The zero-order valence-corrected chi connectivity index (χ0v) is 19.4. The molecule has 0 aliphatic carbocycles. The summed E-state index contributed by atoms with van der Waals surface area (Å²) in [5, 5.41) is 1.20. The van der Waals surface area contributed by atoms with Gasteiger partial charge >= 0.3 is 0 Å². The summed E-state index contributed by atoms with van der Waals surface area (Å²) in [5.41, 5.74) is 1.89. The Labute approximate surface area is 186 Å². The van der Waals surface area contributed by atoms with Crippen LogP contribution in [0.5, 0.6) is 5.75 Å². The number of ether oxygens (including phenoxy) is 1. The fourth-order valence-corrected chi connectivity index (χ4v) is 5.07. The molecule has 1 aliphatic heterocycles. The van der Waals surface area contributed by atoms with E-state index in [0.717, 1.165) is 43.9 Å². The number of hydrogen-bond donors (Lipinski definition) is 0. The van der Waals surface area contributed by atoms with Gasteiger partial charge in [-0.1, -0.05) is 41.5 Å². The van der Waals surface area contributed by atoms with Crippen LogP contribution in [0.3, 0.4) is 0 Å². The maximum atomic E-state index is 6.22. The van der Waals surface area contributed by atoms with E-state index in [2.05, 4.69) is 36.8 Å². The third-order valence-electron chi connectivity index (χ3n) is 4.28. The van der Waals surface area contributed by atoms with Crippen LogP contribution in [0.4, 0.5) is 0 Å². The van der Waals surface area contributed by atoms with E-state index in [1.807, 2.05) is 18.2 Å². The van der Waals surface area contributed by atoms with Gasteiger partial charge in [-0.3, -0.25) is 0 Å². The van der Waals surface area contributed by atoms with Gasteiger partial charge in [-0.05, 0) is 75.4 Å². The van der Waals surface area contributed by atoms with Crippen molar-refractivity contribution in [1.82, 2.24) is 4.90 Å². The van der Waals surface area contributed by atoms with Crippen LogP contribution in [0.2, 0.25) is 10.0 Å². The van der Waals surface area contributed by atoms with Crippen molar-refractivity contribution in [3.8, 4) is 5.75 Å². The number of halogens is 4. The Bertz CT molecular complexity index is 802. The van der Waals surface area contributed by atoms with Gasteiger partial charge < -0.3 is 9.64 Å². The smallest absolute Gasteiger partial charge is 0.148 e. The predicted octanol–water partition coefficient (Wildman–Crippen LogP) is 7.26. The van der Waals surface area contributed by atoms with Crippen molar-refractivity contribution in [3.63, 3.8) is 0 Å². The Kier molecular flexibility index (Phi) is 7.25. The molecule has 1 heterocycles. The van der Waals surface area contributed by atoms with E-state index >= 15 is 0 Å². The van der Waals surface area contributed by atoms with E-state index in [9.17, 15) is 0 Å². The van der Waals surface area contributed by atoms with E-state index < -0.39 is 0 Å². The van der Waals surface area contributed by atoms with Gasteiger partial charge in [-0.2, -0.15) is 0 Å². The van der Waals surface area contributed by atoms with Crippen LogP contribution >= 0.6 is 67.3 Å². The van der Waals surface area contributed by atoms with Gasteiger partial charge in [0.05, 0.1) is 8.95 Å². The number of likely N-dealkylation sites (tertiary alicyclic amines) is 1. The van der Waals surface area contributed by atoms with Crippen LogP contribution in [0.1, 0.15) is 30.4 Å². The molecule has 138 valence electrons. The van der Waals surface area contributed by atoms with Crippen molar-refractivity contribution in [2.24, 2.45) is 0 Å². The molecular weight excluding hydrogens is 521 g/mol. The summed E-state index contributed by atoms with van der Waals surface area (Å²) in [7, 11) is 0. The minimum Gasteiger partial charge on any atom is -0.486 e. The van der Waals surface area contributed by atoms with Crippen molar-refractivity contribution in [3.05, 3.63) is 60.4 Å². The van der Waals surface area contributed by atoms with Crippen molar-refractivity contribution in [2.45, 2.75) is 25.9 Å². The minimum absolute atomic E-state index is 0.350. The van der Waals surface area contributed by atoms with Gasteiger partial charge in [0.1, 0.15) is 17.3 Å². The molecule has 7 heteroatoms. The van der Waals surface area contributed by atoms with Crippen LogP contribution in [0.25, 0.3) is 0 Å². The highest BCUT2D eigenvalue weighted by atomic mass is 79.9. The van der Waals surface area contributed by atoms with Crippen molar-refractivity contribution >= 4 is 72.3 Å². The fourth-order valence-electron chi connectivity index (χ4n) is 2.89. The number of thiocarbonyl (C=S) groups is 1. The molecule has 1 saturated heterocycles. The molecule has 1 aliphatic rings. The molecule has 2 nitrogen and oxygen atoms in total. The standard InChI is InChI=1S/C19H17Br2Cl2NOS/c20-15-8-13(19(26)24-6-2-1-3-7-24)9-16(21)18(15)25-11-12-4-5-14(22)10-17(12)23/h4-5,8-10H,1-3,6-7,11H2. The first-order valence-electron chi connectivity index (χ1n) is 8.31. The maximum Gasteiger partial charge on any atom is 0.148 e. The summed E-state index contributed by atoms with van der Waals surface area (Å²) in [6, 6.07) is 9.41. The molecule has 0 unspecified atom stereocenters. The highest BCUT2D eigenvalue weighted by molar-refractivity contribution is 9.11. The summed E-state index contributed by atoms with van der Waals surface area (Å²) in [5.74, 6) is 0.723. The van der Waals surface area contributed by atoms with Crippen molar-refractivity contribution < 1.29 is 4.74 Å². The molecule has 2 aromatic carbocycles. The Morgan fingerprint density at radius 3 is 2.31 bits per heavy atom. The average molecular weight is 538 g/mol. The molecule has 0 atom stereocenters. The van der Waals surface area contributed by atoms with Gasteiger partial charge in [0.25, 0.3) is 0 Å². The summed E-state index contributed by atoms with van der Waals surface area (Å²) in [6.45, 7) is 2.41. The second kappa shape index (κ2) is 9.24.